The summed E-state index contributed by atoms with van der Waals surface area (Å²) in [5.74, 6) is 0.651. The van der Waals surface area contributed by atoms with Crippen LogP contribution in [0.3, 0.4) is 0 Å². The van der Waals surface area contributed by atoms with Gasteiger partial charge in [0.25, 0.3) is 0 Å². The van der Waals surface area contributed by atoms with Crippen LogP contribution in [0.1, 0.15) is 18.2 Å². The Hall–Kier alpha value is -1.76. The van der Waals surface area contributed by atoms with Gasteiger partial charge in [0.05, 0.1) is 15.5 Å². The molecule has 1 aliphatic heterocycles. The van der Waals surface area contributed by atoms with Crippen molar-refractivity contribution in [3.63, 3.8) is 0 Å². The standard InChI is InChI=1S/C9H10N4O2S/c1-5-4-7(10)11-12-9(5)6-2-3-8(16-6)13(14)15/h2-3,5H,4H2,1H3,(H2,10,11). The largest absolute Gasteiger partial charge is 0.386 e. The quantitative estimate of drug-likeness (QED) is 0.628. The third-order valence-electron chi connectivity index (χ3n) is 2.29. The smallest absolute Gasteiger partial charge is 0.324 e. The maximum Gasteiger partial charge on any atom is 0.324 e. The van der Waals surface area contributed by atoms with Crippen LogP contribution in [0.15, 0.2) is 22.3 Å². The summed E-state index contributed by atoms with van der Waals surface area (Å²) < 4.78 is 0. The van der Waals surface area contributed by atoms with E-state index in [0.717, 1.165) is 21.9 Å². The van der Waals surface area contributed by atoms with Gasteiger partial charge < -0.3 is 5.73 Å². The van der Waals surface area contributed by atoms with Gasteiger partial charge in [-0.1, -0.05) is 18.3 Å². The molecule has 0 saturated carbocycles. The zero-order valence-electron chi connectivity index (χ0n) is 8.58. The highest BCUT2D eigenvalue weighted by Gasteiger charge is 2.22. The Balaban J connectivity index is 2.33. The van der Waals surface area contributed by atoms with Crippen molar-refractivity contribution in [2.75, 3.05) is 0 Å². The SMILES string of the molecule is CC1CC(N)=NN=C1c1ccc([N+](=O)[O-])s1. The van der Waals surface area contributed by atoms with E-state index >= 15 is 0 Å². The summed E-state index contributed by atoms with van der Waals surface area (Å²) in [6.45, 7) is 1.98. The molecule has 16 heavy (non-hydrogen) atoms. The third kappa shape index (κ3) is 1.94. The Bertz CT molecular complexity index is 491. The van der Waals surface area contributed by atoms with Crippen molar-refractivity contribution >= 4 is 27.9 Å². The van der Waals surface area contributed by atoms with E-state index in [9.17, 15) is 10.1 Å². The topological polar surface area (TPSA) is 93.9 Å². The van der Waals surface area contributed by atoms with E-state index < -0.39 is 4.92 Å². The van der Waals surface area contributed by atoms with Crippen LogP contribution in [0.5, 0.6) is 0 Å². The maximum absolute atomic E-state index is 10.6. The summed E-state index contributed by atoms with van der Waals surface area (Å²) in [5, 5.41) is 18.5. The van der Waals surface area contributed by atoms with Crippen LogP contribution in [0.2, 0.25) is 0 Å². The lowest BCUT2D eigenvalue weighted by molar-refractivity contribution is -0.380. The Morgan fingerprint density at radius 3 is 2.88 bits per heavy atom. The molecule has 6 nitrogen and oxygen atoms in total. The first kappa shape index (κ1) is 10.7. The van der Waals surface area contributed by atoms with Crippen LogP contribution in [0.25, 0.3) is 0 Å². The first-order valence-corrected chi connectivity index (χ1v) is 5.54. The lowest BCUT2D eigenvalue weighted by atomic mass is 9.99. The molecular weight excluding hydrogens is 228 g/mol. The second-order valence-electron chi connectivity index (χ2n) is 3.58. The van der Waals surface area contributed by atoms with Crippen LogP contribution in [0.4, 0.5) is 5.00 Å². The zero-order chi connectivity index (χ0) is 11.7. The molecule has 1 unspecified atom stereocenters. The third-order valence-corrected chi connectivity index (χ3v) is 3.35. The van der Waals surface area contributed by atoms with Crippen molar-refractivity contribution in [1.29, 1.82) is 0 Å². The van der Waals surface area contributed by atoms with Crippen molar-refractivity contribution in [2.45, 2.75) is 13.3 Å². The van der Waals surface area contributed by atoms with Crippen LogP contribution >= 0.6 is 11.3 Å². The monoisotopic (exact) mass is 238 g/mol. The lowest BCUT2D eigenvalue weighted by Crippen LogP contribution is -2.24. The number of amidine groups is 1. The summed E-state index contributed by atoms with van der Waals surface area (Å²) >= 11 is 1.11. The predicted octanol–water partition coefficient (Wildman–Crippen LogP) is 1.76. The molecule has 2 N–H and O–H groups in total. The fourth-order valence-corrected chi connectivity index (χ4v) is 2.44. The van der Waals surface area contributed by atoms with E-state index in [0.29, 0.717) is 12.3 Å². The molecule has 0 saturated heterocycles. The van der Waals surface area contributed by atoms with Crippen molar-refractivity contribution in [3.05, 3.63) is 27.1 Å². The number of hydrogen-bond donors (Lipinski definition) is 1. The van der Waals surface area contributed by atoms with Gasteiger partial charge >= 0.3 is 5.00 Å². The van der Waals surface area contributed by atoms with Crippen molar-refractivity contribution in [3.8, 4) is 0 Å². The van der Waals surface area contributed by atoms with Gasteiger partial charge in [-0.25, -0.2) is 0 Å². The average Bonchev–Trinajstić information content (AvgIpc) is 2.66. The molecule has 84 valence electrons. The Morgan fingerprint density at radius 2 is 2.31 bits per heavy atom. The zero-order valence-corrected chi connectivity index (χ0v) is 9.40. The molecule has 0 fully saturated rings. The molecule has 0 spiro atoms. The van der Waals surface area contributed by atoms with E-state index in [1.807, 2.05) is 6.92 Å². The van der Waals surface area contributed by atoms with Gasteiger partial charge in [-0.2, -0.15) is 5.10 Å². The molecule has 0 amide bonds. The summed E-state index contributed by atoms with van der Waals surface area (Å²) in [4.78, 5) is 10.9. The molecule has 1 aliphatic rings. The van der Waals surface area contributed by atoms with E-state index in [1.165, 1.54) is 6.07 Å². The molecule has 0 radical (unpaired) electrons. The normalized spacial score (nSPS) is 20.2. The lowest BCUT2D eigenvalue weighted by Gasteiger charge is -2.15. The predicted molar refractivity (Wildman–Crippen MR) is 62.9 cm³/mol. The number of nitro groups is 1. The van der Waals surface area contributed by atoms with Crippen LogP contribution in [-0.2, 0) is 0 Å². The van der Waals surface area contributed by atoms with E-state index in [1.54, 1.807) is 6.07 Å². The highest BCUT2D eigenvalue weighted by molar-refractivity contribution is 7.17. The number of nitrogens with zero attached hydrogens (tertiary/aromatic N) is 3. The van der Waals surface area contributed by atoms with E-state index in [-0.39, 0.29) is 10.9 Å². The molecule has 1 atom stereocenters. The molecule has 7 heteroatoms. The number of hydrogen-bond acceptors (Lipinski definition) is 6. The Kier molecular flexibility index (Phi) is 2.69. The van der Waals surface area contributed by atoms with Gasteiger partial charge in [0, 0.05) is 18.4 Å². The summed E-state index contributed by atoms with van der Waals surface area (Å²) in [7, 11) is 0. The van der Waals surface area contributed by atoms with Gasteiger partial charge in [0.1, 0.15) is 5.84 Å². The van der Waals surface area contributed by atoms with Gasteiger partial charge in [-0.05, 0) is 6.07 Å². The van der Waals surface area contributed by atoms with Crippen molar-refractivity contribution in [2.24, 2.45) is 21.9 Å². The molecular formula is C9H10N4O2S. The Morgan fingerprint density at radius 1 is 1.56 bits per heavy atom. The molecule has 0 bridgehead atoms. The average molecular weight is 238 g/mol. The van der Waals surface area contributed by atoms with Crippen LogP contribution < -0.4 is 5.73 Å². The number of rotatable bonds is 2. The molecule has 2 rings (SSSR count). The van der Waals surface area contributed by atoms with E-state index in [4.69, 9.17) is 5.73 Å². The molecule has 2 heterocycles. The molecule has 0 aliphatic carbocycles. The van der Waals surface area contributed by atoms with Crippen LogP contribution in [-0.4, -0.2) is 16.5 Å². The maximum atomic E-state index is 10.6. The summed E-state index contributed by atoms with van der Waals surface area (Å²) in [5.41, 5.74) is 6.33. The fraction of sp³-hybridized carbons (Fsp3) is 0.333. The number of thiophene rings is 1. The van der Waals surface area contributed by atoms with Crippen molar-refractivity contribution in [1.82, 2.24) is 0 Å². The van der Waals surface area contributed by atoms with Gasteiger partial charge in [0.15, 0.2) is 0 Å². The van der Waals surface area contributed by atoms with E-state index in [2.05, 4.69) is 10.2 Å². The van der Waals surface area contributed by atoms with Crippen LogP contribution in [0, 0.1) is 16.0 Å². The molecule has 1 aromatic heterocycles. The minimum absolute atomic E-state index is 0.118. The van der Waals surface area contributed by atoms with Gasteiger partial charge in [-0.15, -0.1) is 5.10 Å². The summed E-state index contributed by atoms with van der Waals surface area (Å²) in [6.07, 6.45) is 0.643. The van der Waals surface area contributed by atoms with Gasteiger partial charge in [-0.3, -0.25) is 10.1 Å². The Labute approximate surface area is 95.6 Å². The number of nitrogens with two attached hydrogens (primary N) is 1. The molecule has 1 aromatic rings. The minimum atomic E-state index is -0.403. The summed E-state index contributed by atoms with van der Waals surface area (Å²) in [6, 6.07) is 3.19. The van der Waals surface area contributed by atoms with Crippen molar-refractivity contribution < 1.29 is 4.92 Å². The minimum Gasteiger partial charge on any atom is -0.386 e. The van der Waals surface area contributed by atoms with Gasteiger partial charge in [0.2, 0.25) is 0 Å². The highest BCUT2D eigenvalue weighted by Crippen LogP contribution is 2.28. The highest BCUT2D eigenvalue weighted by atomic mass is 32.1. The first-order chi connectivity index (χ1) is 7.58. The first-order valence-electron chi connectivity index (χ1n) is 4.72. The second-order valence-corrected chi connectivity index (χ2v) is 4.64. The fourth-order valence-electron chi connectivity index (χ4n) is 1.52. The second kappa shape index (κ2) is 4.01. The molecule has 0 aromatic carbocycles.